The fourth-order valence-electron chi connectivity index (χ4n) is 1.42. The van der Waals surface area contributed by atoms with Gasteiger partial charge in [0.1, 0.15) is 16.6 Å². The molecule has 100 valence electrons. The maximum Gasteiger partial charge on any atom is 0.216 e. The summed E-state index contributed by atoms with van der Waals surface area (Å²) in [4.78, 5) is 0.218. The quantitative estimate of drug-likeness (QED) is 0.578. The summed E-state index contributed by atoms with van der Waals surface area (Å²) in [5.74, 6) is 0.180. The Hall–Kier alpha value is -2.50. The van der Waals surface area contributed by atoms with Crippen LogP contribution < -0.4 is 11.1 Å². The topological polar surface area (TPSA) is 116 Å². The van der Waals surface area contributed by atoms with Crippen LogP contribution in [0.15, 0.2) is 24.4 Å². The third kappa shape index (κ3) is 3.09. The normalized spacial score (nSPS) is 10.9. The van der Waals surface area contributed by atoms with E-state index in [1.807, 2.05) is 6.07 Å². The van der Waals surface area contributed by atoms with E-state index in [0.717, 1.165) is 0 Å². The number of benzene rings is 1. The molecule has 0 amide bonds. The van der Waals surface area contributed by atoms with Gasteiger partial charge >= 0.3 is 0 Å². The van der Waals surface area contributed by atoms with E-state index in [4.69, 9.17) is 34.8 Å². The minimum atomic E-state index is 0.180. The van der Waals surface area contributed by atoms with Crippen LogP contribution in [0.4, 0.5) is 5.69 Å². The lowest BCUT2D eigenvalue weighted by molar-refractivity contribution is 0.881. The summed E-state index contributed by atoms with van der Waals surface area (Å²) in [6, 6.07) is 6.98. The zero-order chi connectivity index (χ0) is 14.5. The number of hydrogen-bond donors (Lipinski definition) is 3. The third-order valence-corrected chi connectivity index (χ3v) is 2.78. The third-order valence-electron chi connectivity index (χ3n) is 2.33. The van der Waals surface area contributed by atoms with E-state index < -0.39 is 0 Å². The molecule has 0 atom stereocenters. The summed E-state index contributed by atoms with van der Waals surface area (Å²) in [7, 11) is 0. The number of aromatic amines is 1. The molecule has 0 aliphatic rings. The van der Waals surface area contributed by atoms with Crippen molar-refractivity contribution in [3.8, 4) is 6.07 Å². The molecule has 1 aromatic carbocycles. The molecule has 0 spiro atoms. The zero-order valence-electron chi connectivity index (χ0n) is 9.96. The highest BCUT2D eigenvalue weighted by Crippen LogP contribution is 2.21. The highest BCUT2D eigenvalue weighted by molar-refractivity contribution is 7.80. The number of nitrogens with one attached hydrogen (secondary N) is 2. The van der Waals surface area contributed by atoms with Crippen molar-refractivity contribution in [1.29, 1.82) is 5.26 Å². The average Bonchev–Trinajstić information content (AvgIpc) is 2.93. The van der Waals surface area contributed by atoms with Crippen molar-refractivity contribution in [3.63, 3.8) is 0 Å². The smallest absolute Gasteiger partial charge is 0.216 e. The number of tetrazole rings is 1. The Morgan fingerprint density at radius 1 is 1.55 bits per heavy atom. The van der Waals surface area contributed by atoms with Crippen LogP contribution in [0.3, 0.4) is 0 Å². The minimum Gasteiger partial charge on any atom is -0.389 e. The van der Waals surface area contributed by atoms with Crippen LogP contribution in [0.25, 0.3) is 5.57 Å². The molecule has 20 heavy (non-hydrogen) atoms. The van der Waals surface area contributed by atoms with Gasteiger partial charge in [-0.2, -0.15) is 10.5 Å². The van der Waals surface area contributed by atoms with Crippen LogP contribution in [0, 0.1) is 11.3 Å². The Balaban J connectivity index is 2.33. The summed E-state index contributed by atoms with van der Waals surface area (Å²) in [5.41, 5.74) is 7.02. The highest BCUT2D eigenvalue weighted by atomic mass is 35.5. The lowest BCUT2D eigenvalue weighted by Gasteiger charge is -2.08. The van der Waals surface area contributed by atoms with Gasteiger partial charge in [0.2, 0.25) is 5.82 Å². The molecule has 4 N–H and O–H groups in total. The predicted molar refractivity (Wildman–Crippen MR) is 78.7 cm³/mol. The molecule has 0 bridgehead atoms. The number of H-pyrrole nitrogens is 1. The number of rotatable bonds is 4. The molecule has 7 nitrogen and oxygen atoms in total. The van der Waals surface area contributed by atoms with Crippen LogP contribution in [0.5, 0.6) is 0 Å². The number of nitriles is 1. The van der Waals surface area contributed by atoms with Gasteiger partial charge in [0.25, 0.3) is 0 Å². The largest absolute Gasteiger partial charge is 0.389 e. The predicted octanol–water partition coefficient (Wildman–Crippen LogP) is 1.46. The van der Waals surface area contributed by atoms with Gasteiger partial charge in [0, 0.05) is 22.5 Å². The van der Waals surface area contributed by atoms with Gasteiger partial charge in [-0.3, -0.25) is 0 Å². The fraction of sp³-hybridized carbons (Fsp3) is 0. The second-order valence-electron chi connectivity index (χ2n) is 3.60. The molecule has 2 rings (SSSR count). The Morgan fingerprint density at radius 2 is 2.35 bits per heavy atom. The summed E-state index contributed by atoms with van der Waals surface area (Å²) < 4.78 is 0. The molecule has 0 fully saturated rings. The van der Waals surface area contributed by atoms with E-state index in [9.17, 15) is 0 Å². The molecule has 0 unspecified atom stereocenters. The number of nitrogens with two attached hydrogens (primary N) is 1. The first-order valence-corrected chi connectivity index (χ1v) is 6.10. The molecule has 0 aliphatic carbocycles. The van der Waals surface area contributed by atoms with Gasteiger partial charge in [-0.25, -0.2) is 0 Å². The van der Waals surface area contributed by atoms with Gasteiger partial charge < -0.3 is 11.1 Å². The number of hydrogen-bond acceptors (Lipinski definition) is 6. The number of halogens is 1. The zero-order valence-corrected chi connectivity index (χ0v) is 11.5. The Kier molecular flexibility index (Phi) is 4.24. The van der Waals surface area contributed by atoms with E-state index in [0.29, 0.717) is 16.3 Å². The molecule has 0 saturated heterocycles. The highest BCUT2D eigenvalue weighted by Gasteiger charge is 2.08. The van der Waals surface area contributed by atoms with Gasteiger partial charge in [0.05, 0.1) is 0 Å². The van der Waals surface area contributed by atoms with E-state index in [1.165, 1.54) is 6.20 Å². The van der Waals surface area contributed by atoms with Crippen molar-refractivity contribution in [2.24, 2.45) is 5.73 Å². The van der Waals surface area contributed by atoms with E-state index in [-0.39, 0.29) is 16.4 Å². The maximum atomic E-state index is 9.05. The van der Waals surface area contributed by atoms with Gasteiger partial charge in [-0.1, -0.05) is 23.8 Å². The van der Waals surface area contributed by atoms with Crippen LogP contribution >= 0.6 is 23.8 Å². The Morgan fingerprint density at radius 3 is 2.95 bits per heavy atom. The van der Waals surface area contributed by atoms with E-state index in [1.54, 1.807) is 18.2 Å². The number of nitrogens with zero attached hydrogens (tertiary/aromatic N) is 4. The molecule has 0 radical (unpaired) electrons. The monoisotopic (exact) mass is 305 g/mol. The van der Waals surface area contributed by atoms with Crippen LogP contribution in [-0.4, -0.2) is 25.6 Å². The van der Waals surface area contributed by atoms with Gasteiger partial charge in [-0.15, -0.1) is 10.2 Å². The van der Waals surface area contributed by atoms with Crippen LogP contribution in [0.1, 0.15) is 11.4 Å². The van der Waals surface area contributed by atoms with E-state index in [2.05, 4.69) is 25.9 Å². The molecular weight excluding hydrogens is 298 g/mol. The molecule has 0 aliphatic heterocycles. The number of thiocarbonyl (C=S) groups is 1. The van der Waals surface area contributed by atoms with Crippen molar-refractivity contribution in [3.05, 3.63) is 40.8 Å². The molecule has 0 saturated carbocycles. The second kappa shape index (κ2) is 6.10. The Labute approximate surface area is 124 Å². The molecule has 1 aromatic heterocycles. The van der Waals surface area contributed by atoms with E-state index >= 15 is 0 Å². The van der Waals surface area contributed by atoms with Crippen molar-refractivity contribution < 1.29 is 0 Å². The fourth-order valence-corrected chi connectivity index (χ4v) is 1.77. The second-order valence-corrected chi connectivity index (χ2v) is 4.48. The summed E-state index contributed by atoms with van der Waals surface area (Å²) in [6.07, 6.45) is 1.43. The summed E-state index contributed by atoms with van der Waals surface area (Å²) in [5, 5.41) is 25.6. The first-order chi connectivity index (χ1) is 9.61. The first kappa shape index (κ1) is 13.9. The van der Waals surface area contributed by atoms with Gasteiger partial charge in [0.15, 0.2) is 0 Å². The lowest BCUT2D eigenvalue weighted by atomic mass is 10.1. The molecule has 1 heterocycles. The summed E-state index contributed by atoms with van der Waals surface area (Å²) >= 11 is 10.9. The molecule has 2 aromatic rings. The van der Waals surface area contributed by atoms with Gasteiger partial charge in [-0.05, 0) is 23.4 Å². The SMILES string of the molecule is N#CC(=CNc1cc(Cl)ccc1C(N)=S)c1nn[nH]n1. The molecular formula is C11H8ClN7S. The number of aromatic nitrogens is 4. The van der Waals surface area contributed by atoms with Crippen molar-refractivity contribution >= 4 is 40.1 Å². The van der Waals surface area contributed by atoms with Crippen molar-refractivity contribution in [1.82, 2.24) is 20.6 Å². The standard InChI is InChI=1S/C11H8ClN7S/c12-7-1-2-8(10(14)20)9(3-7)15-5-6(4-13)11-16-18-19-17-11/h1-3,5,15H,(H2,14,20)(H,16,17,18,19). The average molecular weight is 306 g/mol. The minimum absolute atomic E-state index is 0.180. The van der Waals surface area contributed by atoms with Crippen LogP contribution in [0.2, 0.25) is 5.02 Å². The first-order valence-electron chi connectivity index (χ1n) is 5.32. The molecule has 9 heteroatoms. The summed E-state index contributed by atoms with van der Waals surface area (Å²) in [6.45, 7) is 0. The van der Waals surface area contributed by atoms with Crippen molar-refractivity contribution in [2.75, 3.05) is 5.32 Å². The maximum absolute atomic E-state index is 9.05. The number of anilines is 1. The van der Waals surface area contributed by atoms with Crippen molar-refractivity contribution in [2.45, 2.75) is 0 Å². The number of allylic oxidation sites excluding steroid dienone is 1. The lowest BCUT2D eigenvalue weighted by Crippen LogP contribution is -2.11. The Bertz CT molecular complexity index is 702. The van der Waals surface area contributed by atoms with Crippen LogP contribution in [-0.2, 0) is 0 Å².